The number of hydrogen-bond donors (Lipinski definition) is 0. The molecule has 0 spiro atoms. The summed E-state index contributed by atoms with van der Waals surface area (Å²) in [5, 5.41) is 0.590. The highest BCUT2D eigenvalue weighted by atomic mass is 35.5. The van der Waals surface area contributed by atoms with Crippen LogP contribution in [0.3, 0.4) is 0 Å². The Kier molecular flexibility index (Phi) is 5.13. The zero-order chi connectivity index (χ0) is 24.1. The van der Waals surface area contributed by atoms with Gasteiger partial charge in [0.2, 0.25) is 5.78 Å². The molecule has 0 amide bonds. The number of aromatic nitrogens is 5. The van der Waals surface area contributed by atoms with Crippen LogP contribution in [0.15, 0.2) is 64.3 Å². The minimum atomic E-state index is -0.698. The third-order valence-electron chi connectivity index (χ3n) is 5.91. The largest absolute Gasteiger partial charge is 0.468 e. The normalized spacial score (nSPS) is 11.4. The molecule has 3 heterocycles. The molecule has 2 aromatic carbocycles. The summed E-state index contributed by atoms with van der Waals surface area (Å²) in [4.78, 5) is 42.8. The van der Waals surface area contributed by atoms with Crippen molar-refractivity contribution in [3.05, 3.63) is 86.2 Å². The summed E-state index contributed by atoms with van der Waals surface area (Å²) in [5.74, 6) is -0.265. The average Bonchev–Trinajstić information content (AvgIpc) is 3.39. The number of halogens is 1. The Morgan fingerprint density at radius 3 is 2.53 bits per heavy atom. The van der Waals surface area contributed by atoms with Crippen LogP contribution in [0.25, 0.3) is 33.9 Å². The first-order chi connectivity index (χ1) is 16.3. The number of imidazole rings is 2. The highest BCUT2D eigenvalue weighted by molar-refractivity contribution is 6.31. The van der Waals surface area contributed by atoms with Gasteiger partial charge in [0.1, 0.15) is 6.54 Å². The summed E-state index contributed by atoms with van der Waals surface area (Å²) >= 11 is 6.43. The van der Waals surface area contributed by atoms with Crippen molar-refractivity contribution in [2.75, 3.05) is 7.11 Å². The van der Waals surface area contributed by atoms with E-state index >= 15 is 0 Å². The van der Waals surface area contributed by atoms with E-state index in [1.54, 1.807) is 16.7 Å². The van der Waals surface area contributed by atoms with Crippen molar-refractivity contribution in [1.82, 2.24) is 23.1 Å². The number of fused-ring (bicyclic) bond motifs is 3. The lowest BCUT2D eigenvalue weighted by atomic mass is 10.1. The maximum Gasteiger partial charge on any atom is 0.333 e. The van der Waals surface area contributed by atoms with E-state index in [0.29, 0.717) is 10.8 Å². The molecule has 0 unspecified atom stereocenters. The lowest BCUT2D eigenvalue weighted by Crippen LogP contribution is -2.41. The lowest BCUT2D eigenvalue weighted by Gasteiger charge is -2.13. The Hall–Kier alpha value is -4.11. The second kappa shape index (κ2) is 8.03. The van der Waals surface area contributed by atoms with Crippen molar-refractivity contribution in [3.63, 3.8) is 0 Å². The number of nitrogens with zero attached hydrogens (tertiary/aromatic N) is 5. The fourth-order valence-electron chi connectivity index (χ4n) is 4.12. The van der Waals surface area contributed by atoms with Crippen molar-refractivity contribution in [3.8, 4) is 16.9 Å². The molecule has 0 saturated heterocycles. The second-order valence-corrected chi connectivity index (χ2v) is 8.27. The summed E-state index contributed by atoms with van der Waals surface area (Å²) in [6.07, 6.45) is 1.80. The molecule has 0 aliphatic carbocycles. The van der Waals surface area contributed by atoms with E-state index in [1.807, 2.05) is 54.0 Å². The molecule has 0 radical (unpaired) electrons. The number of hydrogen-bond acceptors (Lipinski definition) is 5. The van der Waals surface area contributed by atoms with Crippen LogP contribution < -0.4 is 11.2 Å². The van der Waals surface area contributed by atoms with Gasteiger partial charge in [0.05, 0.1) is 18.5 Å². The molecule has 5 aromatic rings. The Morgan fingerprint density at radius 1 is 1.09 bits per heavy atom. The van der Waals surface area contributed by atoms with Crippen LogP contribution in [0.5, 0.6) is 0 Å². The quantitative estimate of drug-likeness (QED) is 0.371. The molecule has 0 bridgehead atoms. The lowest BCUT2D eigenvalue weighted by molar-refractivity contribution is -0.141. The molecule has 0 N–H and O–H groups in total. The highest BCUT2D eigenvalue weighted by Crippen LogP contribution is 2.32. The van der Waals surface area contributed by atoms with Crippen molar-refractivity contribution in [1.29, 1.82) is 0 Å². The molecule has 0 fully saturated rings. The third kappa shape index (κ3) is 3.16. The molecular weight excluding hydrogens is 458 g/mol. The number of ether oxygens (including phenoxy) is 1. The molecule has 5 rings (SSSR count). The van der Waals surface area contributed by atoms with Crippen LogP contribution in [0.2, 0.25) is 5.02 Å². The Balaban J connectivity index is 1.94. The molecule has 10 heteroatoms. The first-order valence-corrected chi connectivity index (χ1v) is 10.8. The predicted octanol–water partition coefficient (Wildman–Crippen LogP) is 2.94. The van der Waals surface area contributed by atoms with Gasteiger partial charge in [0.15, 0.2) is 11.2 Å². The van der Waals surface area contributed by atoms with E-state index in [2.05, 4.69) is 9.72 Å². The van der Waals surface area contributed by atoms with E-state index in [-0.39, 0.29) is 11.2 Å². The van der Waals surface area contributed by atoms with Crippen molar-refractivity contribution in [2.24, 2.45) is 7.05 Å². The van der Waals surface area contributed by atoms with Crippen LogP contribution in [0.1, 0.15) is 5.56 Å². The Labute approximate surface area is 198 Å². The van der Waals surface area contributed by atoms with E-state index in [0.717, 1.165) is 27.1 Å². The SMILES string of the molecule is COC(=O)Cn1c(=O)c2c(nc3n(-c4cccc(Cl)c4C)c(-c4ccccc4)cn23)n(C)c1=O. The Morgan fingerprint density at radius 2 is 1.82 bits per heavy atom. The van der Waals surface area contributed by atoms with Gasteiger partial charge in [-0.1, -0.05) is 48.0 Å². The number of esters is 1. The summed E-state index contributed by atoms with van der Waals surface area (Å²) in [5.41, 5.74) is 2.41. The van der Waals surface area contributed by atoms with Crippen LogP contribution in [0, 0.1) is 6.92 Å². The van der Waals surface area contributed by atoms with Crippen LogP contribution in [0.4, 0.5) is 0 Å². The molecule has 0 saturated carbocycles. The van der Waals surface area contributed by atoms with Crippen molar-refractivity contribution >= 4 is 34.5 Å². The van der Waals surface area contributed by atoms with Crippen LogP contribution >= 0.6 is 11.6 Å². The van der Waals surface area contributed by atoms with Gasteiger partial charge in [-0.05, 0) is 24.6 Å². The first kappa shape index (κ1) is 21.7. The van der Waals surface area contributed by atoms with Crippen LogP contribution in [-0.2, 0) is 23.1 Å². The zero-order valence-corrected chi connectivity index (χ0v) is 19.4. The molecule has 34 heavy (non-hydrogen) atoms. The molecule has 0 aliphatic heterocycles. The standard InChI is InChI=1S/C24H20ClN5O4/c1-14-16(25)10-7-11-17(14)30-18(15-8-5-4-6-9-15)12-28-20-21(26-23(28)30)27(2)24(33)29(22(20)32)13-19(31)34-3/h4-12H,13H2,1-3H3. The van der Waals surface area contributed by atoms with Gasteiger partial charge in [-0.15, -0.1) is 0 Å². The number of rotatable bonds is 4. The smallest absolute Gasteiger partial charge is 0.333 e. The molecule has 172 valence electrons. The summed E-state index contributed by atoms with van der Waals surface area (Å²) in [6, 6.07) is 15.2. The summed E-state index contributed by atoms with van der Waals surface area (Å²) in [7, 11) is 2.71. The van der Waals surface area contributed by atoms with Crippen molar-refractivity contribution < 1.29 is 9.53 Å². The van der Waals surface area contributed by atoms with E-state index in [4.69, 9.17) is 11.6 Å². The van der Waals surface area contributed by atoms with E-state index < -0.39 is 23.8 Å². The van der Waals surface area contributed by atoms with Gasteiger partial charge in [-0.3, -0.25) is 23.1 Å². The van der Waals surface area contributed by atoms with E-state index in [9.17, 15) is 14.4 Å². The third-order valence-corrected chi connectivity index (χ3v) is 6.32. The predicted molar refractivity (Wildman–Crippen MR) is 129 cm³/mol. The number of carbonyl (C=O) groups is 1. The first-order valence-electron chi connectivity index (χ1n) is 10.4. The number of methoxy groups -OCH3 is 1. The summed E-state index contributed by atoms with van der Waals surface area (Å²) in [6.45, 7) is 1.41. The average molecular weight is 478 g/mol. The minimum absolute atomic E-state index is 0.177. The maximum atomic E-state index is 13.4. The monoisotopic (exact) mass is 477 g/mol. The van der Waals surface area contributed by atoms with Gasteiger partial charge < -0.3 is 4.74 Å². The highest BCUT2D eigenvalue weighted by Gasteiger charge is 2.24. The second-order valence-electron chi connectivity index (χ2n) is 7.86. The summed E-state index contributed by atoms with van der Waals surface area (Å²) < 4.78 is 10.3. The van der Waals surface area contributed by atoms with Gasteiger partial charge in [-0.25, -0.2) is 9.36 Å². The fraction of sp³-hybridized carbons (Fsp3) is 0.167. The molecule has 0 atom stereocenters. The molecular formula is C24H20ClN5O4. The zero-order valence-electron chi connectivity index (χ0n) is 18.7. The van der Waals surface area contributed by atoms with E-state index in [1.165, 1.54) is 18.7 Å². The van der Waals surface area contributed by atoms with Gasteiger partial charge in [-0.2, -0.15) is 4.98 Å². The molecule has 0 aliphatic rings. The van der Waals surface area contributed by atoms with Crippen LogP contribution in [-0.4, -0.2) is 36.2 Å². The number of carbonyl (C=O) groups excluding carboxylic acids is 1. The topological polar surface area (TPSA) is 92.5 Å². The molecule has 9 nitrogen and oxygen atoms in total. The number of benzene rings is 2. The van der Waals surface area contributed by atoms with Gasteiger partial charge in [0.25, 0.3) is 5.56 Å². The Bertz CT molecular complexity index is 1710. The fourth-order valence-corrected chi connectivity index (χ4v) is 4.29. The minimum Gasteiger partial charge on any atom is -0.468 e. The van der Waals surface area contributed by atoms with Crippen molar-refractivity contribution in [2.45, 2.75) is 13.5 Å². The van der Waals surface area contributed by atoms with Gasteiger partial charge >= 0.3 is 11.7 Å². The molecule has 3 aromatic heterocycles. The number of aryl methyl sites for hydroxylation is 1. The maximum absolute atomic E-state index is 13.4. The van der Waals surface area contributed by atoms with Gasteiger partial charge in [0, 0.05) is 23.8 Å².